The zero-order valence-electron chi connectivity index (χ0n) is 38.2. The standard InChI is InChI=1S/C51H85NO7/c1-6-8-10-12-14-16-18-20-22-24-25-26-28-30-32-34-36-38-40-42-50(54)59-47(45-57-44-43-48(51(55)56)52(3,4)5)46-58-49(53)41-39-37-35-33-31-29-27-23-21-19-17-15-13-11-9-7-2/h8,10,14,16,20,22-23,25-27,30,32,36,38,47-48H,6-7,9,11-13,15,17-19,21,24,28-29,31,33-35,37,39-46H2,1-5H3/p+1/b10-8+,16-14+,22-20+,26-25+,27-23+,32-30+,38-36+. The molecule has 0 aromatic rings. The lowest BCUT2D eigenvalue weighted by atomic mass is 10.1. The number of unbranched alkanes of at least 4 members (excludes halogenated alkanes) is 12. The van der Waals surface area contributed by atoms with E-state index in [9.17, 15) is 19.5 Å². The average Bonchev–Trinajstić information content (AvgIpc) is 3.19. The summed E-state index contributed by atoms with van der Waals surface area (Å²) < 4.78 is 17.2. The van der Waals surface area contributed by atoms with Crippen LogP contribution in [0.3, 0.4) is 0 Å². The van der Waals surface area contributed by atoms with E-state index in [-0.39, 0.29) is 36.7 Å². The number of quaternary nitrogens is 1. The van der Waals surface area contributed by atoms with E-state index in [1.54, 1.807) is 0 Å². The number of carbonyl (C=O) groups excluding carboxylic acids is 2. The second-order valence-corrected chi connectivity index (χ2v) is 16.3. The normalized spacial score (nSPS) is 13.7. The van der Waals surface area contributed by atoms with Crippen LogP contribution in [0.15, 0.2) is 85.1 Å². The van der Waals surface area contributed by atoms with E-state index in [0.717, 1.165) is 70.6 Å². The summed E-state index contributed by atoms with van der Waals surface area (Å²) in [5.74, 6) is -1.59. The van der Waals surface area contributed by atoms with Crippen LogP contribution >= 0.6 is 0 Å². The van der Waals surface area contributed by atoms with Crippen LogP contribution in [0.2, 0.25) is 0 Å². The number of esters is 2. The molecule has 59 heavy (non-hydrogen) atoms. The predicted molar refractivity (Wildman–Crippen MR) is 247 cm³/mol. The van der Waals surface area contributed by atoms with Crippen molar-refractivity contribution in [1.82, 2.24) is 0 Å². The number of ether oxygens (including phenoxy) is 3. The molecule has 2 atom stereocenters. The Bertz CT molecular complexity index is 1240. The van der Waals surface area contributed by atoms with E-state index in [1.807, 2.05) is 33.3 Å². The number of rotatable bonds is 40. The molecule has 0 aliphatic rings. The van der Waals surface area contributed by atoms with Crippen molar-refractivity contribution in [2.24, 2.45) is 0 Å². The minimum absolute atomic E-state index is 0.0237. The molecule has 0 amide bonds. The second kappa shape index (κ2) is 41.3. The number of carboxylic acids is 1. The lowest BCUT2D eigenvalue weighted by molar-refractivity contribution is -0.887. The zero-order chi connectivity index (χ0) is 43.5. The Hall–Kier alpha value is -3.49. The highest BCUT2D eigenvalue weighted by Crippen LogP contribution is 2.13. The van der Waals surface area contributed by atoms with Crippen LogP contribution in [0.25, 0.3) is 0 Å². The summed E-state index contributed by atoms with van der Waals surface area (Å²) in [6.07, 6.45) is 53.6. The summed E-state index contributed by atoms with van der Waals surface area (Å²) in [5.41, 5.74) is 0. The molecular formula is C51H86NO7+. The Morgan fingerprint density at radius 1 is 0.525 bits per heavy atom. The van der Waals surface area contributed by atoms with Crippen molar-refractivity contribution in [2.75, 3.05) is 41.0 Å². The van der Waals surface area contributed by atoms with Gasteiger partial charge < -0.3 is 23.8 Å². The monoisotopic (exact) mass is 825 g/mol. The predicted octanol–water partition coefficient (Wildman–Crippen LogP) is 12.9. The van der Waals surface area contributed by atoms with Gasteiger partial charge in [0, 0.05) is 19.3 Å². The summed E-state index contributed by atoms with van der Waals surface area (Å²) in [5, 5.41) is 9.63. The number of carboxylic acid groups (broad SMARTS) is 1. The summed E-state index contributed by atoms with van der Waals surface area (Å²) in [4.78, 5) is 37.0. The first kappa shape index (κ1) is 55.5. The van der Waals surface area contributed by atoms with Gasteiger partial charge in [0.2, 0.25) is 0 Å². The third-order valence-electron chi connectivity index (χ3n) is 9.79. The van der Waals surface area contributed by atoms with Gasteiger partial charge in [-0.15, -0.1) is 0 Å². The number of aliphatic carboxylic acids is 1. The molecule has 1 N–H and O–H groups in total. The quantitative estimate of drug-likeness (QED) is 0.0284. The lowest BCUT2D eigenvalue weighted by Crippen LogP contribution is -2.50. The fourth-order valence-corrected chi connectivity index (χ4v) is 6.23. The summed E-state index contributed by atoms with van der Waals surface area (Å²) in [6, 6.07) is -0.633. The molecule has 0 aliphatic heterocycles. The topological polar surface area (TPSA) is 99.1 Å². The Morgan fingerprint density at radius 2 is 0.983 bits per heavy atom. The molecule has 8 heteroatoms. The van der Waals surface area contributed by atoms with Gasteiger partial charge >= 0.3 is 17.9 Å². The maximum Gasteiger partial charge on any atom is 0.362 e. The van der Waals surface area contributed by atoms with E-state index in [0.29, 0.717) is 19.3 Å². The molecule has 0 aromatic heterocycles. The molecule has 0 saturated heterocycles. The first-order valence-electron chi connectivity index (χ1n) is 23.1. The number of allylic oxidation sites excluding steroid dienone is 14. The van der Waals surface area contributed by atoms with Crippen molar-refractivity contribution in [3.8, 4) is 0 Å². The molecule has 0 spiro atoms. The lowest BCUT2D eigenvalue weighted by Gasteiger charge is -2.31. The van der Waals surface area contributed by atoms with E-state index in [4.69, 9.17) is 14.2 Å². The van der Waals surface area contributed by atoms with Gasteiger partial charge in [-0.3, -0.25) is 9.59 Å². The van der Waals surface area contributed by atoms with Crippen LogP contribution in [-0.4, -0.2) is 80.6 Å². The van der Waals surface area contributed by atoms with E-state index in [2.05, 4.69) is 86.8 Å². The van der Waals surface area contributed by atoms with Crippen molar-refractivity contribution in [3.05, 3.63) is 85.1 Å². The molecule has 0 fully saturated rings. The number of carbonyl (C=O) groups is 3. The number of likely N-dealkylation sites (N-methyl/N-ethyl adjacent to an activating group) is 1. The van der Waals surface area contributed by atoms with Crippen molar-refractivity contribution < 1.29 is 38.2 Å². The minimum Gasteiger partial charge on any atom is -0.477 e. The zero-order valence-corrected chi connectivity index (χ0v) is 38.2. The third-order valence-corrected chi connectivity index (χ3v) is 9.79. The number of nitrogens with zero attached hydrogens (tertiary/aromatic N) is 1. The van der Waals surface area contributed by atoms with Gasteiger partial charge in [-0.1, -0.05) is 157 Å². The summed E-state index contributed by atoms with van der Waals surface area (Å²) in [6.45, 7) is 4.52. The highest BCUT2D eigenvalue weighted by molar-refractivity contribution is 5.72. The largest absolute Gasteiger partial charge is 0.477 e. The van der Waals surface area contributed by atoms with E-state index < -0.39 is 24.1 Å². The van der Waals surface area contributed by atoms with Crippen LogP contribution in [-0.2, 0) is 28.6 Å². The Balaban J connectivity index is 4.48. The van der Waals surface area contributed by atoms with Gasteiger partial charge in [-0.25, -0.2) is 4.79 Å². The van der Waals surface area contributed by atoms with E-state index >= 15 is 0 Å². The van der Waals surface area contributed by atoms with Crippen LogP contribution in [0.5, 0.6) is 0 Å². The molecular weight excluding hydrogens is 739 g/mol. The van der Waals surface area contributed by atoms with Gasteiger partial charge in [0.15, 0.2) is 12.1 Å². The Morgan fingerprint density at radius 3 is 1.47 bits per heavy atom. The smallest absolute Gasteiger partial charge is 0.362 e. The molecule has 0 aromatic carbocycles. The van der Waals surface area contributed by atoms with Crippen molar-refractivity contribution in [2.45, 2.75) is 180 Å². The van der Waals surface area contributed by atoms with E-state index in [1.165, 1.54) is 57.8 Å². The van der Waals surface area contributed by atoms with Gasteiger partial charge in [-0.2, -0.15) is 0 Å². The summed E-state index contributed by atoms with van der Waals surface area (Å²) >= 11 is 0. The number of hydrogen-bond donors (Lipinski definition) is 1. The molecule has 0 radical (unpaired) electrons. The Labute approximate surface area is 361 Å². The fraction of sp³-hybridized carbons (Fsp3) is 0.667. The van der Waals surface area contributed by atoms with Crippen molar-refractivity contribution >= 4 is 17.9 Å². The Kier molecular flexibility index (Phi) is 38.8. The van der Waals surface area contributed by atoms with Crippen LogP contribution in [0.1, 0.15) is 168 Å². The highest BCUT2D eigenvalue weighted by Gasteiger charge is 2.31. The summed E-state index contributed by atoms with van der Waals surface area (Å²) in [7, 11) is 5.49. The first-order valence-corrected chi connectivity index (χ1v) is 23.1. The SMILES string of the molecule is CC/C=C/C/C=C/C/C=C/C/C=C/C/C=C/C/C=C/CCC(=O)OC(COCCC(C(=O)O)[N+](C)(C)C)COC(=O)CCCCCCC/C=C/CCCCCCCCC. The molecule has 0 aliphatic carbocycles. The molecule has 8 nitrogen and oxygen atoms in total. The van der Waals surface area contributed by atoms with Crippen LogP contribution in [0.4, 0.5) is 0 Å². The van der Waals surface area contributed by atoms with Crippen LogP contribution < -0.4 is 0 Å². The molecule has 0 rings (SSSR count). The molecule has 0 heterocycles. The second-order valence-electron chi connectivity index (χ2n) is 16.3. The third kappa shape index (κ3) is 39.7. The maximum atomic E-state index is 12.7. The first-order chi connectivity index (χ1) is 28.6. The number of hydrogen-bond acceptors (Lipinski definition) is 6. The molecule has 2 unspecified atom stereocenters. The van der Waals surface area contributed by atoms with Gasteiger partial charge in [-0.05, 0) is 77.0 Å². The fourth-order valence-electron chi connectivity index (χ4n) is 6.23. The van der Waals surface area contributed by atoms with Gasteiger partial charge in [0.1, 0.15) is 6.61 Å². The minimum atomic E-state index is -0.890. The van der Waals surface area contributed by atoms with Gasteiger partial charge in [0.25, 0.3) is 0 Å². The van der Waals surface area contributed by atoms with Gasteiger partial charge in [0.05, 0.1) is 34.4 Å². The molecule has 336 valence electrons. The maximum absolute atomic E-state index is 12.7. The average molecular weight is 825 g/mol. The van der Waals surface area contributed by atoms with Crippen molar-refractivity contribution in [1.29, 1.82) is 0 Å². The molecule has 0 bridgehead atoms. The van der Waals surface area contributed by atoms with Crippen molar-refractivity contribution in [3.63, 3.8) is 0 Å². The molecule has 0 saturated carbocycles. The van der Waals surface area contributed by atoms with Crippen LogP contribution in [0, 0.1) is 0 Å². The highest BCUT2D eigenvalue weighted by atomic mass is 16.6.